The summed E-state index contributed by atoms with van der Waals surface area (Å²) >= 11 is 0.576. The summed E-state index contributed by atoms with van der Waals surface area (Å²) in [5, 5.41) is 9.25. The number of rotatable bonds is 2. The van der Waals surface area contributed by atoms with Crippen LogP contribution in [-0.4, -0.2) is 16.2 Å². The molecule has 7 heteroatoms. The molecule has 2 rings (SSSR count). The fourth-order valence-corrected chi connectivity index (χ4v) is 2.97. The number of alkyl halides is 3. The Labute approximate surface area is 108 Å². The highest BCUT2D eigenvalue weighted by atomic mass is 32.1. The zero-order valence-electron chi connectivity index (χ0n) is 10.3. The largest absolute Gasteiger partial charge is 0.445 e. The second-order valence-electron chi connectivity index (χ2n) is 5.34. The van der Waals surface area contributed by atoms with Gasteiger partial charge >= 0.3 is 6.18 Å². The fourth-order valence-electron chi connectivity index (χ4n) is 2.31. The van der Waals surface area contributed by atoms with Gasteiger partial charge in [0.05, 0.1) is 0 Å². The summed E-state index contributed by atoms with van der Waals surface area (Å²) in [5.74, 6) is 0. The van der Waals surface area contributed by atoms with E-state index in [0.717, 1.165) is 19.3 Å². The van der Waals surface area contributed by atoms with Crippen LogP contribution in [0.15, 0.2) is 0 Å². The predicted molar refractivity (Wildman–Crippen MR) is 64.6 cm³/mol. The quantitative estimate of drug-likeness (QED) is 0.891. The lowest BCUT2D eigenvalue weighted by molar-refractivity contribution is -0.138. The van der Waals surface area contributed by atoms with Gasteiger partial charge in [-0.2, -0.15) is 13.2 Å². The molecule has 102 valence electrons. The molecule has 0 amide bonds. The molecule has 0 bridgehead atoms. The summed E-state index contributed by atoms with van der Waals surface area (Å²) in [6.07, 6.45) is -0.0790. The van der Waals surface area contributed by atoms with Gasteiger partial charge in [-0.25, -0.2) is 0 Å². The van der Waals surface area contributed by atoms with Crippen LogP contribution in [0, 0.1) is 5.41 Å². The molecule has 1 aliphatic rings. The number of nitrogens with one attached hydrogen (secondary N) is 1. The molecule has 1 N–H and O–H groups in total. The molecule has 1 aromatic heterocycles. The maximum Gasteiger partial charge on any atom is 0.445 e. The van der Waals surface area contributed by atoms with Crippen LogP contribution >= 0.6 is 11.3 Å². The number of halogens is 3. The van der Waals surface area contributed by atoms with Crippen molar-refractivity contribution in [3.05, 3.63) is 5.01 Å². The Bertz CT molecular complexity index is 414. The number of hydrogen-bond donors (Lipinski definition) is 1. The van der Waals surface area contributed by atoms with Crippen LogP contribution < -0.4 is 5.32 Å². The molecule has 18 heavy (non-hydrogen) atoms. The zero-order valence-corrected chi connectivity index (χ0v) is 11.2. The lowest BCUT2D eigenvalue weighted by Crippen LogP contribution is -2.38. The van der Waals surface area contributed by atoms with Crippen molar-refractivity contribution in [3.8, 4) is 0 Å². The van der Waals surface area contributed by atoms with Gasteiger partial charge in [-0.1, -0.05) is 38.0 Å². The maximum atomic E-state index is 12.4. The molecule has 1 fully saturated rings. The molecular formula is C11H16F3N3S. The molecule has 1 saturated carbocycles. The van der Waals surface area contributed by atoms with Crippen molar-refractivity contribution in [1.82, 2.24) is 10.2 Å². The number of hydrogen-bond acceptors (Lipinski definition) is 4. The van der Waals surface area contributed by atoms with E-state index < -0.39 is 11.2 Å². The van der Waals surface area contributed by atoms with Gasteiger partial charge in [-0.05, 0) is 18.3 Å². The molecule has 1 atom stereocenters. The average molecular weight is 279 g/mol. The van der Waals surface area contributed by atoms with E-state index in [1.807, 2.05) is 0 Å². The van der Waals surface area contributed by atoms with Crippen LogP contribution in [0.25, 0.3) is 0 Å². The Morgan fingerprint density at radius 3 is 2.56 bits per heavy atom. The van der Waals surface area contributed by atoms with E-state index in [9.17, 15) is 13.2 Å². The molecule has 1 heterocycles. The molecule has 0 spiro atoms. The SMILES string of the molecule is CC1(C)CCCCC1Nc1nnc(C(F)(F)F)s1. The third kappa shape index (κ3) is 2.93. The highest BCUT2D eigenvalue weighted by Gasteiger charge is 2.37. The highest BCUT2D eigenvalue weighted by Crippen LogP contribution is 2.39. The molecule has 0 aliphatic heterocycles. The second kappa shape index (κ2) is 4.68. The van der Waals surface area contributed by atoms with Crippen molar-refractivity contribution in [3.63, 3.8) is 0 Å². The van der Waals surface area contributed by atoms with Crippen molar-refractivity contribution in [2.45, 2.75) is 51.7 Å². The van der Waals surface area contributed by atoms with Crippen molar-refractivity contribution in [2.75, 3.05) is 5.32 Å². The van der Waals surface area contributed by atoms with Gasteiger partial charge in [0.2, 0.25) is 10.1 Å². The van der Waals surface area contributed by atoms with Gasteiger partial charge < -0.3 is 5.32 Å². The standard InChI is InChI=1S/C11H16F3N3S/c1-10(2)6-4-3-5-7(10)15-9-17-16-8(18-9)11(12,13)14/h7H,3-6H2,1-2H3,(H,15,17). The molecule has 3 nitrogen and oxygen atoms in total. The Morgan fingerprint density at radius 2 is 2.00 bits per heavy atom. The molecule has 1 unspecified atom stereocenters. The van der Waals surface area contributed by atoms with Gasteiger partial charge in [0.1, 0.15) is 0 Å². The molecule has 1 aromatic rings. The predicted octanol–water partition coefficient (Wildman–Crippen LogP) is 3.94. The summed E-state index contributed by atoms with van der Waals surface area (Å²) in [6, 6.07) is 0.167. The third-order valence-electron chi connectivity index (χ3n) is 3.47. The van der Waals surface area contributed by atoms with Crippen LogP contribution in [0.2, 0.25) is 0 Å². The van der Waals surface area contributed by atoms with Gasteiger partial charge in [0.15, 0.2) is 0 Å². The molecule has 0 saturated heterocycles. The fraction of sp³-hybridized carbons (Fsp3) is 0.818. The van der Waals surface area contributed by atoms with E-state index >= 15 is 0 Å². The smallest absolute Gasteiger partial charge is 0.357 e. The Balaban J connectivity index is 2.07. The summed E-state index contributed by atoms with van der Waals surface area (Å²) in [7, 11) is 0. The first kappa shape index (κ1) is 13.6. The highest BCUT2D eigenvalue weighted by molar-refractivity contribution is 7.15. The summed E-state index contributed by atoms with van der Waals surface area (Å²) in [5.41, 5.74) is 0.0856. The van der Waals surface area contributed by atoms with Crippen LogP contribution in [0.5, 0.6) is 0 Å². The summed E-state index contributed by atoms with van der Waals surface area (Å²) < 4.78 is 37.2. The normalized spacial score (nSPS) is 23.9. The first-order valence-electron chi connectivity index (χ1n) is 5.96. The third-order valence-corrected chi connectivity index (χ3v) is 4.37. The first-order valence-corrected chi connectivity index (χ1v) is 6.78. The van der Waals surface area contributed by atoms with Crippen LogP contribution in [-0.2, 0) is 6.18 Å². The summed E-state index contributed by atoms with van der Waals surface area (Å²) in [4.78, 5) is 0. The van der Waals surface area contributed by atoms with Crippen molar-refractivity contribution in [2.24, 2.45) is 5.41 Å². The van der Waals surface area contributed by atoms with E-state index in [2.05, 4.69) is 29.4 Å². The minimum atomic E-state index is -4.40. The van der Waals surface area contributed by atoms with Crippen LogP contribution in [0.4, 0.5) is 18.3 Å². The van der Waals surface area contributed by atoms with E-state index in [4.69, 9.17) is 0 Å². The first-order chi connectivity index (χ1) is 8.29. The Kier molecular flexibility index (Phi) is 3.53. The van der Waals surface area contributed by atoms with Crippen molar-refractivity contribution in [1.29, 1.82) is 0 Å². The minimum Gasteiger partial charge on any atom is -0.357 e. The zero-order chi connectivity index (χ0) is 13.4. The van der Waals surface area contributed by atoms with Crippen molar-refractivity contribution >= 4 is 16.5 Å². The Hall–Kier alpha value is -0.850. The average Bonchev–Trinajstić information content (AvgIpc) is 2.69. The molecule has 0 aromatic carbocycles. The lowest BCUT2D eigenvalue weighted by Gasteiger charge is -2.38. The Morgan fingerprint density at radius 1 is 1.28 bits per heavy atom. The van der Waals surface area contributed by atoms with E-state index in [1.54, 1.807) is 0 Å². The van der Waals surface area contributed by atoms with Gasteiger partial charge in [-0.15, -0.1) is 10.2 Å². The monoisotopic (exact) mass is 279 g/mol. The van der Waals surface area contributed by atoms with Gasteiger partial charge in [0.25, 0.3) is 0 Å². The van der Waals surface area contributed by atoms with Crippen molar-refractivity contribution < 1.29 is 13.2 Å². The second-order valence-corrected chi connectivity index (χ2v) is 6.32. The lowest BCUT2D eigenvalue weighted by atomic mass is 9.73. The van der Waals surface area contributed by atoms with Crippen LogP contribution in [0.1, 0.15) is 44.5 Å². The van der Waals surface area contributed by atoms with Crippen LogP contribution in [0.3, 0.4) is 0 Å². The molecular weight excluding hydrogens is 263 g/mol. The van der Waals surface area contributed by atoms with Gasteiger partial charge in [-0.3, -0.25) is 0 Å². The molecule has 1 aliphatic carbocycles. The van der Waals surface area contributed by atoms with E-state index in [1.165, 1.54) is 6.42 Å². The summed E-state index contributed by atoms with van der Waals surface area (Å²) in [6.45, 7) is 4.27. The minimum absolute atomic E-state index is 0.0856. The number of nitrogens with zero attached hydrogens (tertiary/aromatic N) is 2. The topological polar surface area (TPSA) is 37.8 Å². The molecule has 0 radical (unpaired) electrons. The number of anilines is 1. The van der Waals surface area contributed by atoms with E-state index in [0.29, 0.717) is 11.3 Å². The maximum absolute atomic E-state index is 12.4. The van der Waals surface area contributed by atoms with E-state index in [-0.39, 0.29) is 16.6 Å². The number of aromatic nitrogens is 2. The van der Waals surface area contributed by atoms with Gasteiger partial charge in [0, 0.05) is 6.04 Å².